The molecular weight excluding hydrogens is 470 g/mol. The molecule has 0 saturated carbocycles. The lowest BCUT2D eigenvalue weighted by Gasteiger charge is -2.13. The molecule has 3 rings (SSSR count). The van der Waals surface area contributed by atoms with Gasteiger partial charge in [-0.1, -0.05) is 12.1 Å². The van der Waals surface area contributed by atoms with Gasteiger partial charge in [-0.05, 0) is 79.1 Å². The predicted octanol–water partition coefficient (Wildman–Crippen LogP) is 3.48. The van der Waals surface area contributed by atoms with Crippen LogP contribution in [0.5, 0.6) is 17.2 Å². The van der Waals surface area contributed by atoms with Crippen molar-refractivity contribution in [2.75, 3.05) is 13.7 Å². The largest absolute Gasteiger partial charge is 0.493 e. The lowest BCUT2D eigenvalue weighted by Crippen LogP contribution is -2.24. The van der Waals surface area contributed by atoms with Gasteiger partial charge in [-0.2, -0.15) is 18.8 Å². The monoisotopic (exact) mass is 493 g/mol. The summed E-state index contributed by atoms with van der Waals surface area (Å²) >= 11 is 0. The summed E-state index contributed by atoms with van der Waals surface area (Å²) in [7, 11) is -2.69. The van der Waals surface area contributed by atoms with E-state index in [0.717, 1.165) is 5.56 Å². The molecule has 0 aliphatic rings. The van der Waals surface area contributed by atoms with Crippen molar-refractivity contribution in [1.29, 1.82) is 5.26 Å². The van der Waals surface area contributed by atoms with Crippen LogP contribution in [-0.2, 0) is 14.9 Å². The van der Waals surface area contributed by atoms with E-state index in [4.69, 9.17) is 18.9 Å². The van der Waals surface area contributed by atoms with Gasteiger partial charge >= 0.3 is 10.1 Å². The summed E-state index contributed by atoms with van der Waals surface area (Å²) in [5.41, 5.74) is 4.71. The van der Waals surface area contributed by atoms with Gasteiger partial charge in [0.15, 0.2) is 18.1 Å². The summed E-state index contributed by atoms with van der Waals surface area (Å²) < 4.78 is 41.5. The van der Waals surface area contributed by atoms with E-state index >= 15 is 0 Å². The van der Waals surface area contributed by atoms with Gasteiger partial charge in [-0.15, -0.1) is 0 Å². The molecule has 0 aliphatic heterocycles. The maximum atomic E-state index is 12.8. The van der Waals surface area contributed by atoms with Gasteiger partial charge in [0.1, 0.15) is 10.6 Å². The van der Waals surface area contributed by atoms with Crippen molar-refractivity contribution in [1.82, 2.24) is 5.43 Å². The molecule has 180 valence electrons. The van der Waals surface area contributed by atoms with E-state index in [2.05, 4.69) is 10.5 Å². The lowest BCUT2D eigenvalue weighted by atomic mass is 10.2. The first kappa shape index (κ1) is 25.3. The SMILES string of the molecule is COc1cc(/C=N/NC(=O)COc2ccc(C#N)cc2)ccc1OS(=O)(=O)c1cc(C)ccc1C. The van der Waals surface area contributed by atoms with E-state index in [9.17, 15) is 13.2 Å². The summed E-state index contributed by atoms with van der Waals surface area (Å²) in [4.78, 5) is 12.0. The molecule has 0 aromatic heterocycles. The molecule has 0 radical (unpaired) electrons. The van der Waals surface area contributed by atoms with Crippen LogP contribution in [0.15, 0.2) is 70.7 Å². The topological polar surface area (TPSA) is 127 Å². The number of carbonyl (C=O) groups is 1. The van der Waals surface area contributed by atoms with E-state index in [1.807, 2.05) is 12.1 Å². The maximum Gasteiger partial charge on any atom is 0.339 e. The third-order valence-corrected chi connectivity index (χ3v) is 6.13. The molecule has 35 heavy (non-hydrogen) atoms. The highest BCUT2D eigenvalue weighted by atomic mass is 32.2. The van der Waals surface area contributed by atoms with E-state index in [1.54, 1.807) is 56.3 Å². The molecule has 3 aromatic carbocycles. The normalized spacial score (nSPS) is 11.0. The van der Waals surface area contributed by atoms with Gasteiger partial charge < -0.3 is 13.7 Å². The Bertz CT molecular complexity index is 1390. The van der Waals surface area contributed by atoms with Crippen LogP contribution in [0.25, 0.3) is 0 Å². The van der Waals surface area contributed by atoms with Crippen molar-refractivity contribution in [3.63, 3.8) is 0 Å². The summed E-state index contributed by atoms with van der Waals surface area (Å²) in [5.74, 6) is 0.153. The highest BCUT2D eigenvalue weighted by Gasteiger charge is 2.21. The molecule has 1 amide bonds. The molecule has 1 N–H and O–H groups in total. The number of nitrogens with one attached hydrogen (secondary N) is 1. The molecule has 0 heterocycles. The van der Waals surface area contributed by atoms with Crippen LogP contribution in [-0.4, -0.2) is 34.3 Å². The molecule has 0 fully saturated rings. The molecular formula is C25H23N3O6S. The van der Waals surface area contributed by atoms with Crippen molar-refractivity contribution < 1.29 is 26.9 Å². The Morgan fingerprint density at radius 2 is 1.80 bits per heavy atom. The second-order valence-electron chi connectivity index (χ2n) is 7.43. The number of amides is 1. The van der Waals surface area contributed by atoms with Crippen molar-refractivity contribution in [3.8, 4) is 23.3 Å². The summed E-state index contributed by atoms with van der Waals surface area (Å²) in [6, 6.07) is 18.0. The standard InChI is InChI=1S/C25H23N3O6S/c1-17-4-5-18(2)24(12-17)35(30,31)34-22-11-8-20(13-23(22)32-3)15-27-28-25(29)16-33-21-9-6-19(14-26)7-10-21/h4-13,15H,16H2,1-3H3,(H,28,29)/b27-15+. The number of rotatable bonds is 9. The summed E-state index contributed by atoms with van der Waals surface area (Å²) in [6.45, 7) is 3.22. The number of hydrogen-bond donors (Lipinski definition) is 1. The Labute approximate surface area is 203 Å². The number of benzene rings is 3. The Hall–Kier alpha value is -4.36. The molecule has 0 atom stereocenters. The van der Waals surface area contributed by atoms with Crippen LogP contribution in [0.3, 0.4) is 0 Å². The minimum Gasteiger partial charge on any atom is -0.493 e. The zero-order valence-electron chi connectivity index (χ0n) is 19.3. The van der Waals surface area contributed by atoms with Gasteiger partial charge in [0.2, 0.25) is 0 Å². The molecule has 10 heteroatoms. The quantitative estimate of drug-likeness (QED) is 0.275. The Morgan fingerprint density at radius 3 is 2.49 bits per heavy atom. The molecule has 9 nitrogen and oxygen atoms in total. The van der Waals surface area contributed by atoms with Gasteiger partial charge in [0.25, 0.3) is 5.91 Å². The van der Waals surface area contributed by atoms with Crippen molar-refractivity contribution in [2.24, 2.45) is 5.10 Å². The van der Waals surface area contributed by atoms with Crippen molar-refractivity contribution >= 4 is 22.2 Å². The molecule has 0 aliphatic carbocycles. The van der Waals surface area contributed by atoms with Crippen LogP contribution in [0, 0.1) is 25.2 Å². The molecule has 0 unspecified atom stereocenters. The average molecular weight is 494 g/mol. The second-order valence-corrected chi connectivity index (χ2v) is 8.95. The van der Waals surface area contributed by atoms with E-state index in [1.165, 1.54) is 25.5 Å². The van der Waals surface area contributed by atoms with Crippen molar-refractivity contribution in [2.45, 2.75) is 18.7 Å². The average Bonchev–Trinajstić information content (AvgIpc) is 2.85. The van der Waals surface area contributed by atoms with Crippen LogP contribution in [0.4, 0.5) is 0 Å². The highest BCUT2D eigenvalue weighted by Crippen LogP contribution is 2.31. The number of aryl methyl sites for hydroxylation is 2. The fraction of sp³-hybridized carbons (Fsp3) is 0.160. The number of nitriles is 1. The number of hydrogen-bond acceptors (Lipinski definition) is 8. The highest BCUT2D eigenvalue weighted by molar-refractivity contribution is 7.87. The summed E-state index contributed by atoms with van der Waals surface area (Å²) in [5, 5.41) is 12.7. The third-order valence-electron chi connectivity index (χ3n) is 4.76. The van der Waals surface area contributed by atoms with Crippen molar-refractivity contribution in [3.05, 3.63) is 82.9 Å². The van der Waals surface area contributed by atoms with Crippen LogP contribution < -0.4 is 19.1 Å². The predicted molar refractivity (Wildman–Crippen MR) is 129 cm³/mol. The number of methoxy groups -OCH3 is 1. The smallest absolute Gasteiger partial charge is 0.339 e. The molecule has 3 aromatic rings. The zero-order valence-corrected chi connectivity index (χ0v) is 20.1. The first-order valence-electron chi connectivity index (χ1n) is 10.4. The minimum atomic E-state index is -4.07. The second kappa shape index (κ2) is 11.2. The number of ether oxygens (including phenoxy) is 2. The number of hydrazone groups is 1. The number of nitrogens with zero attached hydrogens (tertiary/aromatic N) is 2. The van der Waals surface area contributed by atoms with Gasteiger partial charge in [-0.3, -0.25) is 4.79 Å². The summed E-state index contributed by atoms with van der Waals surface area (Å²) in [6.07, 6.45) is 1.37. The van der Waals surface area contributed by atoms with Gasteiger partial charge in [0, 0.05) is 0 Å². The Morgan fingerprint density at radius 1 is 1.06 bits per heavy atom. The van der Waals surface area contributed by atoms with E-state index in [-0.39, 0.29) is 23.0 Å². The zero-order chi connectivity index (χ0) is 25.4. The molecule has 0 saturated heterocycles. The molecule has 0 bridgehead atoms. The Balaban J connectivity index is 1.62. The maximum absolute atomic E-state index is 12.8. The minimum absolute atomic E-state index is 0.0189. The van der Waals surface area contributed by atoms with Gasteiger partial charge in [0.05, 0.1) is 25.0 Å². The first-order chi connectivity index (χ1) is 16.7. The van der Waals surface area contributed by atoms with Crippen LogP contribution in [0.1, 0.15) is 22.3 Å². The molecule has 0 spiro atoms. The number of carbonyl (C=O) groups excluding carboxylic acids is 1. The van der Waals surface area contributed by atoms with Crippen LogP contribution >= 0.6 is 0 Å². The van der Waals surface area contributed by atoms with E-state index < -0.39 is 16.0 Å². The van der Waals surface area contributed by atoms with Crippen LogP contribution in [0.2, 0.25) is 0 Å². The first-order valence-corrected chi connectivity index (χ1v) is 11.8. The van der Waals surface area contributed by atoms with Gasteiger partial charge in [-0.25, -0.2) is 5.43 Å². The lowest BCUT2D eigenvalue weighted by molar-refractivity contribution is -0.123. The fourth-order valence-corrected chi connectivity index (χ4v) is 4.22. The fourth-order valence-electron chi connectivity index (χ4n) is 2.96. The third kappa shape index (κ3) is 6.82. The Kier molecular flexibility index (Phi) is 8.07. The van der Waals surface area contributed by atoms with E-state index in [0.29, 0.717) is 22.4 Å².